The lowest BCUT2D eigenvalue weighted by Gasteiger charge is -2.54. The Balaban J connectivity index is 1.59. The first-order chi connectivity index (χ1) is 8.43. The van der Waals surface area contributed by atoms with E-state index in [-0.39, 0.29) is 6.61 Å². The van der Waals surface area contributed by atoms with Gasteiger partial charge in [0.2, 0.25) is 0 Å². The van der Waals surface area contributed by atoms with E-state index in [1.807, 2.05) is 0 Å². The highest BCUT2D eigenvalue weighted by Crippen LogP contribution is 2.56. The van der Waals surface area contributed by atoms with Gasteiger partial charge in [0.1, 0.15) is 0 Å². The average molecular weight is 258 g/mol. The Morgan fingerprint density at radius 3 is 2.06 bits per heavy atom. The lowest BCUT2D eigenvalue weighted by atomic mass is 9.52. The second kappa shape index (κ2) is 4.17. The summed E-state index contributed by atoms with van der Waals surface area (Å²) in [6, 6.07) is 0. The van der Waals surface area contributed by atoms with E-state index in [4.69, 9.17) is 4.74 Å². The van der Waals surface area contributed by atoms with Gasteiger partial charge in [0, 0.05) is 6.92 Å². The van der Waals surface area contributed by atoms with E-state index in [9.17, 15) is 13.6 Å². The predicted molar refractivity (Wildman–Crippen MR) is 62.1 cm³/mol. The molecule has 0 spiro atoms. The van der Waals surface area contributed by atoms with E-state index in [1.165, 1.54) is 32.1 Å². The maximum absolute atomic E-state index is 12.8. The molecule has 0 radical (unpaired) electrons. The molecule has 0 amide bonds. The summed E-state index contributed by atoms with van der Waals surface area (Å²) < 4.78 is 30.4. The molecule has 4 saturated carbocycles. The van der Waals surface area contributed by atoms with Crippen LogP contribution in [-0.4, -0.2) is 18.5 Å². The zero-order valence-corrected chi connectivity index (χ0v) is 10.7. The van der Waals surface area contributed by atoms with E-state index >= 15 is 0 Å². The minimum Gasteiger partial charge on any atom is -0.461 e. The van der Waals surface area contributed by atoms with Gasteiger partial charge in [-0.05, 0) is 61.7 Å². The van der Waals surface area contributed by atoms with Gasteiger partial charge in [0.05, 0.1) is 6.61 Å². The zero-order chi connectivity index (χ0) is 12.9. The lowest BCUT2D eigenvalue weighted by Crippen LogP contribution is -2.47. The fourth-order valence-corrected chi connectivity index (χ4v) is 4.61. The molecule has 0 heterocycles. The summed E-state index contributed by atoms with van der Waals surface area (Å²) in [6.07, 6.45) is 6.25. The second-order valence-corrected chi connectivity index (χ2v) is 6.58. The van der Waals surface area contributed by atoms with Crippen LogP contribution in [0.4, 0.5) is 8.78 Å². The van der Waals surface area contributed by atoms with Crippen molar-refractivity contribution in [2.75, 3.05) is 6.61 Å². The van der Waals surface area contributed by atoms with Crippen LogP contribution in [0.15, 0.2) is 0 Å². The molecule has 0 saturated heterocycles. The first kappa shape index (κ1) is 12.4. The molecule has 18 heavy (non-hydrogen) atoms. The Labute approximate surface area is 106 Å². The fourth-order valence-electron chi connectivity index (χ4n) is 4.61. The van der Waals surface area contributed by atoms with Crippen molar-refractivity contribution >= 4 is 5.97 Å². The zero-order valence-electron chi connectivity index (χ0n) is 10.7. The third-order valence-corrected chi connectivity index (χ3v) is 5.19. The number of hydrogen-bond acceptors (Lipinski definition) is 2. The highest BCUT2D eigenvalue weighted by atomic mass is 19.3. The lowest BCUT2D eigenvalue weighted by molar-refractivity contribution is -0.175. The maximum atomic E-state index is 12.8. The number of halogens is 2. The van der Waals surface area contributed by atoms with Crippen molar-refractivity contribution in [3.63, 3.8) is 0 Å². The summed E-state index contributed by atoms with van der Waals surface area (Å²) in [6.45, 7) is 0.809. The summed E-state index contributed by atoms with van der Waals surface area (Å²) in [7, 11) is 0. The van der Waals surface area contributed by atoms with E-state index in [1.54, 1.807) is 0 Å². The topological polar surface area (TPSA) is 26.3 Å². The predicted octanol–water partition coefficient (Wildman–Crippen LogP) is 3.26. The molecule has 4 fully saturated rings. The van der Waals surface area contributed by atoms with Gasteiger partial charge >= 0.3 is 11.9 Å². The van der Waals surface area contributed by atoms with Crippen molar-refractivity contribution < 1.29 is 18.3 Å². The number of ether oxygens (including phenoxy) is 1. The molecular formula is C14H20F2O2. The molecule has 0 N–H and O–H groups in total. The number of carbonyl (C=O) groups excluding carboxylic acids is 1. The van der Waals surface area contributed by atoms with Crippen LogP contribution in [0.3, 0.4) is 0 Å². The van der Waals surface area contributed by atoms with Crippen LogP contribution in [-0.2, 0) is 9.53 Å². The molecule has 0 aromatic carbocycles. The first-order valence-electron chi connectivity index (χ1n) is 6.98. The van der Waals surface area contributed by atoms with Crippen LogP contribution in [0.2, 0.25) is 0 Å². The van der Waals surface area contributed by atoms with Gasteiger partial charge in [-0.1, -0.05) is 0 Å². The molecule has 0 aliphatic heterocycles. The van der Waals surface area contributed by atoms with Crippen LogP contribution in [0.25, 0.3) is 0 Å². The van der Waals surface area contributed by atoms with Gasteiger partial charge in [-0.2, -0.15) is 8.78 Å². The molecule has 0 atom stereocenters. The summed E-state index contributed by atoms with van der Waals surface area (Å²) in [4.78, 5) is 11.1. The number of rotatable bonds is 3. The third kappa shape index (κ3) is 2.14. The van der Waals surface area contributed by atoms with E-state index in [0.29, 0.717) is 24.7 Å². The van der Waals surface area contributed by atoms with Crippen LogP contribution >= 0.6 is 0 Å². The minimum atomic E-state index is -3.36. The van der Waals surface area contributed by atoms with Gasteiger partial charge in [-0.15, -0.1) is 0 Å². The number of hydrogen-bond donors (Lipinski definition) is 0. The normalized spacial score (nSPS) is 42.1. The van der Waals surface area contributed by atoms with Crippen molar-refractivity contribution in [1.29, 1.82) is 0 Å². The van der Waals surface area contributed by atoms with Crippen molar-refractivity contribution in [2.45, 2.75) is 45.0 Å². The Morgan fingerprint density at radius 1 is 1.11 bits per heavy atom. The highest BCUT2D eigenvalue weighted by Gasteiger charge is 2.48. The molecule has 102 valence electrons. The minimum absolute atomic E-state index is 0.205. The van der Waals surface area contributed by atoms with Crippen molar-refractivity contribution in [3.8, 4) is 0 Å². The van der Waals surface area contributed by atoms with Crippen molar-refractivity contribution in [3.05, 3.63) is 0 Å². The molecule has 4 bridgehead atoms. The number of carbonyl (C=O) groups is 1. The molecule has 0 unspecified atom stereocenters. The molecule has 4 heteroatoms. The fraction of sp³-hybridized carbons (Fsp3) is 0.929. The number of esters is 1. The summed E-state index contributed by atoms with van der Waals surface area (Å²) >= 11 is 0. The maximum Gasteiger partial charge on any atom is 0.376 e. The Bertz CT molecular complexity index is 320. The van der Waals surface area contributed by atoms with Gasteiger partial charge in [-0.25, -0.2) is 4.79 Å². The van der Waals surface area contributed by atoms with Gasteiger partial charge in [0.25, 0.3) is 0 Å². The van der Waals surface area contributed by atoms with Crippen molar-refractivity contribution in [2.24, 2.45) is 29.6 Å². The quantitative estimate of drug-likeness (QED) is 0.726. The molecule has 0 aromatic heterocycles. The smallest absolute Gasteiger partial charge is 0.376 e. The molecule has 4 aliphatic carbocycles. The molecule has 2 nitrogen and oxygen atoms in total. The first-order valence-corrected chi connectivity index (χ1v) is 6.98. The Hall–Kier alpha value is -0.670. The van der Waals surface area contributed by atoms with Gasteiger partial charge in [-0.3, -0.25) is 0 Å². The average Bonchev–Trinajstić information content (AvgIpc) is 2.25. The van der Waals surface area contributed by atoms with E-state index < -0.39 is 11.9 Å². The van der Waals surface area contributed by atoms with Crippen LogP contribution in [0.5, 0.6) is 0 Å². The second-order valence-electron chi connectivity index (χ2n) is 6.58. The summed E-state index contributed by atoms with van der Waals surface area (Å²) in [5.41, 5.74) is 0. The van der Waals surface area contributed by atoms with Crippen LogP contribution in [0.1, 0.15) is 39.0 Å². The molecule has 4 aliphatic rings. The summed E-state index contributed by atoms with van der Waals surface area (Å²) in [5, 5.41) is 0. The third-order valence-electron chi connectivity index (χ3n) is 5.19. The summed E-state index contributed by atoms with van der Waals surface area (Å²) in [5.74, 6) is -1.45. The van der Waals surface area contributed by atoms with Gasteiger partial charge in [0.15, 0.2) is 0 Å². The largest absolute Gasteiger partial charge is 0.461 e. The van der Waals surface area contributed by atoms with E-state index in [0.717, 1.165) is 11.8 Å². The highest BCUT2D eigenvalue weighted by molar-refractivity contribution is 5.76. The SMILES string of the molecule is CC(F)(F)C(=O)OCC1C2CC3CC(C2)CC1C3. The monoisotopic (exact) mass is 258 g/mol. The van der Waals surface area contributed by atoms with Crippen LogP contribution in [0, 0.1) is 29.6 Å². The number of alkyl halides is 2. The van der Waals surface area contributed by atoms with Crippen molar-refractivity contribution in [1.82, 2.24) is 0 Å². The van der Waals surface area contributed by atoms with Gasteiger partial charge < -0.3 is 4.74 Å². The Morgan fingerprint density at radius 2 is 1.61 bits per heavy atom. The molecular weight excluding hydrogens is 238 g/mol. The van der Waals surface area contributed by atoms with Crippen LogP contribution < -0.4 is 0 Å². The molecule has 4 rings (SSSR count). The standard InChI is InChI=1S/C14H20F2O2/c1-14(15,16)13(17)18-7-12-10-3-8-2-9(5-10)6-11(12)4-8/h8-12H,2-7H2,1H3. The molecule has 0 aromatic rings. The Kier molecular flexibility index (Phi) is 2.87. The van der Waals surface area contributed by atoms with E-state index in [2.05, 4.69) is 0 Å².